The zero-order valence-electron chi connectivity index (χ0n) is 19.1. The maximum atomic E-state index is 13.2. The number of aliphatic imine (C=N–C) groups is 1. The number of halogens is 1. The Hall–Kier alpha value is -2.78. The van der Waals surface area contributed by atoms with Crippen molar-refractivity contribution in [3.05, 3.63) is 65.5 Å². The Labute approximate surface area is 195 Å². The molecule has 33 heavy (non-hydrogen) atoms. The molecular weight excluding hydrogens is 443 g/mol. The first-order valence-corrected chi connectivity index (χ1v) is 12.6. The molecular formula is C24H31FN4O3S. The second-order valence-electron chi connectivity index (χ2n) is 8.39. The summed E-state index contributed by atoms with van der Waals surface area (Å²) >= 11 is 0. The molecule has 0 saturated heterocycles. The summed E-state index contributed by atoms with van der Waals surface area (Å²) in [5, 5.41) is 0. The van der Waals surface area contributed by atoms with Crippen LogP contribution in [0.15, 0.2) is 58.4 Å². The van der Waals surface area contributed by atoms with E-state index in [1.54, 1.807) is 36.4 Å². The Balaban J connectivity index is 1.46. The van der Waals surface area contributed by atoms with Crippen LogP contribution >= 0.6 is 0 Å². The fourth-order valence-electron chi connectivity index (χ4n) is 3.59. The number of sulfonamides is 1. The van der Waals surface area contributed by atoms with Crippen LogP contribution in [0, 0.1) is 5.82 Å². The van der Waals surface area contributed by atoms with Crippen molar-refractivity contribution >= 4 is 21.8 Å². The topological polar surface area (TPSA) is 82.1 Å². The number of amidine groups is 1. The van der Waals surface area contributed by atoms with Gasteiger partial charge in [0.1, 0.15) is 11.7 Å². The van der Waals surface area contributed by atoms with Gasteiger partial charge < -0.3 is 9.80 Å². The minimum absolute atomic E-state index is 0.0740. The summed E-state index contributed by atoms with van der Waals surface area (Å²) < 4.78 is 39.9. The van der Waals surface area contributed by atoms with Gasteiger partial charge in [0.15, 0.2) is 0 Å². The molecule has 0 aromatic heterocycles. The van der Waals surface area contributed by atoms with Crippen LogP contribution < -0.4 is 4.72 Å². The maximum absolute atomic E-state index is 13.2. The largest absolute Gasteiger partial charge is 0.337 e. The van der Waals surface area contributed by atoms with Crippen LogP contribution in [0.5, 0.6) is 0 Å². The van der Waals surface area contributed by atoms with E-state index in [2.05, 4.69) is 9.71 Å². The van der Waals surface area contributed by atoms with E-state index in [1.165, 1.54) is 12.1 Å². The van der Waals surface area contributed by atoms with Gasteiger partial charge in [0, 0.05) is 38.2 Å². The molecule has 0 spiro atoms. The lowest BCUT2D eigenvalue weighted by Gasteiger charge is -2.24. The number of benzene rings is 2. The number of carbonyl (C=O) groups is 1. The highest BCUT2D eigenvalue weighted by molar-refractivity contribution is 7.90. The summed E-state index contributed by atoms with van der Waals surface area (Å²) in [6.07, 6.45) is 2.74. The standard InChI is InChI=1S/C24H31FN4O3S/c1-28(2)16-17-29(18-19-11-13-20(25)14-12-19)23(30)10-4-3-7-15-26-24-21-8-5-6-9-22(21)33(31,32)27-24/h5-6,8-9,11-14H,3-4,7,10,15-18H2,1-2H3,(H,26,27). The van der Waals surface area contributed by atoms with E-state index < -0.39 is 10.0 Å². The molecule has 0 bridgehead atoms. The number of fused-ring (bicyclic) bond motifs is 1. The highest BCUT2D eigenvalue weighted by atomic mass is 32.2. The third-order valence-corrected chi connectivity index (χ3v) is 6.84. The van der Waals surface area contributed by atoms with Crippen LogP contribution in [0.4, 0.5) is 4.39 Å². The van der Waals surface area contributed by atoms with E-state index in [0.29, 0.717) is 37.5 Å². The summed E-state index contributed by atoms with van der Waals surface area (Å²) in [5.41, 5.74) is 1.50. The van der Waals surface area contributed by atoms with Crippen molar-refractivity contribution in [2.45, 2.75) is 37.1 Å². The van der Waals surface area contributed by atoms with Crippen molar-refractivity contribution in [2.75, 3.05) is 33.7 Å². The zero-order chi connectivity index (χ0) is 23.8. The Morgan fingerprint density at radius 2 is 1.73 bits per heavy atom. The SMILES string of the molecule is CN(C)CCN(Cc1ccc(F)cc1)C(=O)CCCCCN=C1NS(=O)(=O)c2ccccc21. The van der Waals surface area contributed by atoms with Crippen molar-refractivity contribution in [2.24, 2.45) is 4.99 Å². The first kappa shape index (κ1) is 24.9. The van der Waals surface area contributed by atoms with E-state index in [4.69, 9.17) is 0 Å². The molecule has 9 heteroatoms. The predicted octanol–water partition coefficient (Wildman–Crippen LogP) is 3.02. The Kier molecular flexibility index (Phi) is 8.57. The van der Waals surface area contributed by atoms with E-state index in [-0.39, 0.29) is 16.6 Å². The first-order valence-electron chi connectivity index (χ1n) is 11.1. The van der Waals surface area contributed by atoms with Gasteiger partial charge in [-0.25, -0.2) is 12.8 Å². The Morgan fingerprint density at radius 3 is 2.45 bits per heavy atom. The number of nitrogens with one attached hydrogen (secondary N) is 1. The molecule has 3 rings (SSSR count). The molecule has 0 saturated carbocycles. The molecule has 0 aliphatic carbocycles. The average molecular weight is 475 g/mol. The normalized spacial score (nSPS) is 15.5. The number of unbranched alkanes of at least 4 members (excludes halogenated alkanes) is 2. The maximum Gasteiger partial charge on any atom is 0.263 e. The fraction of sp³-hybridized carbons (Fsp3) is 0.417. The van der Waals surface area contributed by atoms with Gasteiger partial charge in [-0.3, -0.25) is 14.5 Å². The third-order valence-electron chi connectivity index (χ3n) is 5.44. The molecule has 1 aliphatic heterocycles. The number of nitrogens with zero attached hydrogens (tertiary/aromatic N) is 3. The van der Waals surface area contributed by atoms with Crippen LogP contribution in [-0.2, 0) is 21.4 Å². The van der Waals surface area contributed by atoms with Crippen LogP contribution in [0.25, 0.3) is 0 Å². The Bertz CT molecular complexity index is 1090. The number of carbonyl (C=O) groups excluding carboxylic acids is 1. The molecule has 1 amide bonds. The number of hydrogen-bond acceptors (Lipinski definition) is 5. The fourth-order valence-corrected chi connectivity index (χ4v) is 4.84. The molecule has 7 nitrogen and oxygen atoms in total. The van der Waals surface area contributed by atoms with Gasteiger partial charge in [-0.2, -0.15) is 0 Å². The van der Waals surface area contributed by atoms with Gasteiger partial charge in [0.05, 0.1) is 4.90 Å². The van der Waals surface area contributed by atoms with E-state index in [9.17, 15) is 17.6 Å². The Morgan fingerprint density at radius 1 is 1.00 bits per heavy atom. The molecule has 178 valence electrons. The van der Waals surface area contributed by atoms with Gasteiger partial charge in [0.25, 0.3) is 10.0 Å². The van der Waals surface area contributed by atoms with Gasteiger partial charge >= 0.3 is 0 Å². The van der Waals surface area contributed by atoms with Gasteiger partial charge in [-0.1, -0.05) is 30.7 Å². The summed E-state index contributed by atoms with van der Waals surface area (Å²) in [7, 11) is 0.408. The van der Waals surface area contributed by atoms with E-state index in [1.807, 2.05) is 23.9 Å². The number of hydrogen-bond donors (Lipinski definition) is 1. The van der Waals surface area contributed by atoms with Crippen LogP contribution in [0.2, 0.25) is 0 Å². The highest BCUT2D eigenvalue weighted by Crippen LogP contribution is 2.22. The molecule has 1 aliphatic rings. The molecule has 0 fully saturated rings. The third kappa shape index (κ3) is 7.10. The van der Waals surface area contributed by atoms with Gasteiger partial charge in [-0.15, -0.1) is 0 Å². The number of likely N-dealkylation sites (N-methyl/N-ethyl adjacent to an activating group) is 1. The summed E-state index contributed by atoms with van der Waals surface area (Å²) in [6.45, 7) is 2.30. The lowest BCUT2D eigenvalue weighted by Crippen LogP contribution is -2.36. The van der Waals surface area contributed by atoms with Crippen LogP contribution in [0.3, 0.4) is 0 Å². The molecule has 2 aromatic rings. The smallest absolute Gasteiger partial charge is 0.263 e. The average Bonchev–Trinajstić information content (AvgIpc) is 3.05. The minimum Gasteiger partial charge on any atom is -0.337 e. The summed E-state index contributed by atoms with van der Waals surface area (Å²) in [5.74, 6) is 0.170. The number of amides is 1. The van der Waals surface area contributed by atoms with Crippen LogP contribution in [0.1, 0.15) is 36.8 Å². The van der Waals surface area contributed by atoms with Crippen LogP contribution in [-0.4, -0.2) is 63.7 Å². The second kappa shape index (κ2) is 11.4. The van der Waals surface area contributed by atoms with Crippen molar-refractivity contribution in [3.63, 3.8) is 0 Å². The first-order chi connectivity index (χ1) is 15.8. The summed E-state index contributed by atoms with van der Waals surface area (Å²) in [4.78, 5) is 21.3. The van der Waals surface area contributed by atoms with Gasteiger partial charge in [0.2, 0.25) is 5.91 Å². The van der Waals surface area contributed by atoms with E-state index in [0.717, 1.165) is 31.4 Å². The highest BCUT2D eigenvalue weighted by Gasteiger charge is 2.29. The quantitative estimate of drug-likeness (QED) is 0.508. The minimum atomic E-state index is -3.52. The molecule has 0 radical (unpaired) electrons. The summed E-state index contributed by atoms with van der Waals surface area (Å²) in [6, 6.07) is 13.0. The van der Waals surface area contributed by atoms with Crippen molar-refractivity contribution in [3.8, 4) is 0 Å². The van der Waals surface area contributed by atoms with Gasteiger partial charge in [-0.05, 0) is 56.8 Å². The van der Waals surface area contributed by atoms with Crippen molar-refractivity contribution in [1.82, 2.24) is 14.5 Å². The monoisotopic (exact) mass is 474 g/mol. The molecule has 0 atom stereocenters. The van der Waals surface area contributed by atoms with E-state index >= 15 is 0 Å². The van der Waals surface area contributed by atoms with Crippen molar-refractivity contribution < 1.29 is 17.6 Å². The second-order valence-corrected chi connectivity index (χ2v) is 10.0. The molecule has 0 unspecified atom stereocenters. The predicted molar refractivity (Wildman–Crippen MR) is 127 cm³/mol. The number of rotatable bonds is 11. The zero-order valence-corrected chi connectivity index (χ0v) is 19.9. The lowest BCUT2D eigenvalue weighted by atomic mass is 10.1. The molecule has 2 aromatic carbocycles. The lowest BCUT2D eigenvalue weighted by molar-refractivity contribution is -0.132. The molecule has 1 heterocycles. The molecule has 1 N–H and O–H groups in total. The van der Waals surface area contributed by atoms with Crippen molar-refractivity contribution in [1.29, 1.82) is 0 Å².